The van der Waals surface area contributed by atoms with Crippen LogP contribution in [0.2, 0.25) is 0 Å². The average Bonchev–Trinajstić information content (AvgIpc) is 2.58. The van der Waals surface area contributed by atoms with Crippen LogP contribution in [0, 0.1) is 23.2 Å². The van der Waals surface area contributed by atoms with Gasteiger partial charge in [0.25, 0.3) is 0 Å². The Bertz CT molecular complexity index is 638. The second-order valence-electron chi connectivity index (χ2n) is 8.01. The van der Waals surface area contributed by atoms with E-state index < -0.39 is 0 Å². The van der Waals surface area contributed by atoms with Crippen LogP contribution in [0.3, 0.4) is 0 Å². The third kappa shape index (κ3) is 2.64. The first-order chi connectivity index (χ1) is 11.6. The monoisotopic (exact) mass is 326 g/mol. The molecule has 1 aromatic rings. The van der Waals surface area contributed by atoms with Gasteiger partial charge < -0.3 is 9.47 Å². The second-order valence-corrected chi connectivity index (χ2v) is 8.01. The first-order valence-electron chi connectivity index (χ1n) is 9.06. The van der Waals surface area contributed by atoms with E-state index >= 15 is 0 Å². The zero-order valence-electron chi connectivity index (χ0n) is 14.6. The van der Waals surface area contributed by atoms with Gasteiger partial charge in [-0.2, -0.15) is 0 Å². The summed E-state index contributed by atoms with van der Waals surface area (Å²) < 4.78 is 10.6. The predicted molar refractivity (Wildman–Crippen MR) is 94.2 cm³/mol. The number of ether oxygens (including phenoxy) is 2. The van der Waals surface area contributed by atoms with Gasteiger partial charge >= 0.3 is 0 Å². The summed E-state index contributed by atoms with van der Waals surface area (Å²) in [6, 6.07) is 5.76. The first-order valence-corrected chi connectivity index (χ1v) is 9.06. The molecule has 0 atom stereocenters. The van der Waals surface area contributed by atoms with Crippen LogP contribution in [0.15, 0.2) is 24.3 Å². The van der Waals surface area contributed by atoms with E-state index in [1.165, 1.54) is 19.3 Å². The number of rotatable bonds is 5. The molecular formula is C21H26O3. The molecule has 0 heterocycles. The van der Waals surface area contributed by atoms with Gasteiger partial charge in [-0.15, -0.1) is 0 Å². The first kappa shape index (κ1) is 15.7. The summed E-state index contributed by atoms with van der Waals surface area (Å²) >= 11 is 0. The van der Waals surface area contributed by atoms with Crippen molar-refractivity contribution in [2.45, 2.75) is 38.5 Å². The number of ketones is 1. The van der Waals surface area contributed by atoms with Gasteiger partial charge in [-0.3, -0.25) is 4.79 Å². The van der Waals surface area contributed by atoms with E-state index in [1.54, 1.807) is 14.2 Å². The van der Waals surface area contributed by atoms with Gasteiger partial charge in [-0.1, -0.05) is 12.1 Å². The molecule has 0 radical (unpaired) electrons. The Morgan fingerprint density at radius 1 is 1.00 bits per heavy atom. The molecule has 3 heteroatoms. The highest BCUT2D eigenvalue weighted by atomic mass is 16.5. The van der Waals surface area contributed by atoms with Crippen LogP contribution >= 0.6 is 0 Å². The summed E-state index contributed by atoms with van der Waals surface area (Å²) in [5, 5.41) is 0. The van der Waals surface area contributed by atoms with Crippen LogP contribution in [0.5, 0.6) is 11.5 Å². The summed E-state index contributed by atoms with van der Waals surface area (Å²) in [5.41, 5.74) is 0.924. The van der Waals surface area contributed by atoms with Gasteiger partial charge in [0.1, 0.15) is 0 Å². The summed E-state index contributed by atoms with van der Waals surface area (Å²) in [6.07, 6.45) is 11.2. The van der Waals surface area contributed by atoms with Gasteiger partial charge in [0.05, 0.1) is 14.2 Å². The van der Waals surface area contributed by atoms with Gasteiger partial charge in [0.15, 0.2) is 17.3 Å². The van der Waals surface area contributed by atoms with Crippen LogP contribution in [0.4, 0.5) is 0 Å². The van der Waals surface area contributed by atoms with Crippen LogP contribution in [0.1, 0.15) is 44.1 Å². The zero-order chi connectivity index (χ0) is 16.7. The van der Waals surface area contributed by atoms with Crippen molar-refractivity contribution in [3.8, 4) is 11.5 Å². The second kappa shape index (κ2) is 5.94. The molecule has 0 spiro atoms. The van der Waals surface area contributed by atoms with Crippen molar-refractivity contribution < 1.29 is 14.3 Å². The van der Waals surface area contributed by atoms with Crippen molar-refractivity contribution in [1.82, 2.24) is 0 Å². The Balaban J connectivity index is 1.53. The highest BCUT2D eigenvalue weighted by Crippen LogP contribution is 2.60. The van der Waals surface area contributed by atoms with Crippen molar-refractivity contribution in [2.75, 3.05) is 14.2 Å². The highest BCUT2D eigenvalue weighted by molar-refractivity contribution is 5.98. The average molecular weight is 326 g/mol. The van der Waals surface area contributed by atoms with Crippen molar-refractivity contribution in [3.05, 3.63) is 29.8 Å². The molecule has 4 bridgehead atoms. The molecule has 0 saturated heterocycles. The largest absolute Gasteiger partial charge is 0.493 e. The van der Waals surface area contributed by atoms with Crippen molar-refractivity contribution in [3.63, 3.8) is 0 Å². The minimum atomic E-state index is -0.0538. The van der Waals surface area contributed by atoms with E-state index in [1.807, 2.05) is 30.4 Å². The molecule has 1 aromatic carbocycles. The smallest absolute Gasteiger partial charge is 0.161 e. The minimum absolute atomic E-state index is 0.0538. The lowest BCUT2D eigenvalue weighted by atomic mass is 9.48. The van der Waals surface area contributed by atoms with Crippen molar-refractivity contribution in [2.24, 2.45) is 23.2 Å². The number of carbonyl (C=O) groups excluding carboxylic acids is 1. The van der Waals surface area contributed by atoms with E-state index in [2.05, 4.69) is 0 Å². The molecule has 0 amide bonds. The molecule has 5 rings (SSSR count). The lowest BCUT2D eigenvalue weighted by Gasteiger charge is -2.55. The quantitative estimate of drug-likeness (QED) is 0.747. The summed E-state index contributed by atoms with van der Waals surface area (Å²) in [6.45, 7) is 0. The van der Waals surface area contributed by atoms with Crippen LogP contribution in [0.25, 0.3) is 6.08 Å². The normalized spacial score (nSPS) is 33.8. The Morgan fingerprint density at radius 2 is 1.58 bits per heavy atom. The molecule has 4 saturated carbocycles. The van der Waals surface area contributed by atoms with E-state index in [9.17, 15) is 4.79 Å². The standard InChI is InChI=1S/C21H26O3/c1-23-18-5-3-14(10-19(18)24-2)4-6-20(22)21-11-15-7-16(12-21)9-17(8-15)13-21/h3-6,10,15-17H,7-9,11-13H2,1-2H3. The fourth-order valence-electron chi connectivity index (χ4n) is 5.72. The van der Waals surface area contributed by atoms with Crippen molar-refractivity contribution >= 4 is 11.9 Å². The number of methoxy groups -OCH3 is 2. The minimum Gasteiger partial charge on any atom is -0.493 e. The van der Waals surface area contributed by atoms with E-state index in [0.717, 1.165) is 42.6 Å². The predicted octanol–water partition coefficient (Wildman–Crippen LogP) is 4.50. The number of hydrogen-bond donors (Lipinski definition) is 0. The lowest BCUT2D eigenvalue weighted by Crippen LogP contribution is -2.49. The van der Waals surface area contributed by atoms with Crippen molar-refractivity contribution in [1.29, 1.82) is 0 Å². The van der Waals surface area contributed by atoms with Crippen LogP contribution < -0.4 is 9.47 Å². The number of benzene rings is 1. The summed E-state index contributed by atoms with van der Waals surface area (Å²) in [7, 11) is 3.26. The molecule has 128 valence electrons. The summed E-state index contributed by atoms with van der Waals surface area (Å²) in [4.78, 5) is 13.0. The molecule has 4 aliphatic carbocycles. The molecule has 4 fully saturated rings. The summed E-state index contributed by atoms with van der Waals surface area (Å²) in [5.74, 6) is 4.15. The molecular weight excluding hydrogens is 300 g/mol. The molecule has 0 N–H and O–H groups in total. The zero-order valence-corrected chi connectivity index (χ0v) is 14.6. The number of carbonyl (C=O) groups is 1. The van der Waals surface area contributed by atoms with Gasteiger partial charge in [-0.05, 0) is 80.1 Å². The van der Waals surface area contributed by atoms with Gasteiger partial charge in [-0.25, -0.2) is 0 Å². The van der Waals surface area contributed by atoms with Gasteiger partial charge in [0, 0.05) is 5.41 Å². The highest BCUT2D eigenvalue weighted by Gasteiger charge is 2.53. The molecule has 4 aliphatic rings. The van der Waals surface area contributed by atoms with Crippen LogP contribution in [-0.2, 0) is 4.79 Å². The fourth-order valence-corrected chi connectivity index (χ4v) is 5.72. The van der Waals surface area contributed by atoms with E-state index in [0.29, 0.717) is 17.3 Å². The molecule has 0 aliphatic heterocycles. The maximum atomic E-state index is 13.0. The number of allylic oxidation sites excluding steroid dienone is 1. The third-order valence-electron chi connectivity index (χ3n) is 6.40. The molecule has 0 aromatic heterocycles. The molecule has 24 heavy (non-hydrogen) atoms. The van der Waals surface area contributed by atoms with E-state index in [-0.39, 0.29) is 5.41 Å². The molecule has 0 unspecified atom stereocenters. The van der Waals surface area contributed by atoms with Gasteiger partial charge in [0.2, 0.25) is 0 Å². The van der Waals surface area contributed by atoms with Crippen LogP contribution in [-0.4, -0.2) is 20.0 Å². The SMILES string of the molecule is COc1ccc(C=CC(=O)C23CC4CC(CC(C4)C2)C3)cc1OC. The third-order valence-corrected chi connectivity index (χ3v) is 6.40. The maximum Gasteiger partial charge on any atom is 0.161 e. The Kier molecular flexibility index (Phi) is 3.90. The lowest BCUT2D eigenvalue weighted by molar-refractivity contribution is -0.138. The fraction of sp³-hybridized carbons (Fsp3) is 0.571. The topological polar surface area (TPSA) is 35.5 Å². The molecule has 3 nitrogen and oxygen atoms in total. The Hall–Kier alpha value is -1.77. The Morgan fingerprint density at radius 3 is 2.12 bits per heavy atom. The number of hydrogen-bond acceptors (Lipinski definition) is 3. The van der Waals surface area contributed by atoms with E-state index in [4.69, 9.17) is 9.47 Å². The maximum absolute atomic E-state index is 13.0. The Labute approximate surface area is 144 Å².